The van der Waals surface area contributed by atoms with Crippen LogP contribution in [0, 0.1) is 11.3 Å². The highest BCUT2D eigenvalue weighted by molar-refractivity contribution is 5.39. The SMILES string of the molecule is N#Cc1ccc(-n2cnc(CO)c2)cc1. The normalized spacial score (nSPS) is 9.87. The maximum Gasteiger partial charge on any atom is 0.0996 e. The summed E-state index contributed by atoms with van der Waals surface area (Å²) in [6, 6.07) is 9.21. The average molecular weight is 199 g/mol. The minimum atomic E-state index is -0.0662. The molecule has 1 aromatic heterocycles. The number of benzene rings is 1. The predicted molar refractivity (Wildman–Crippen MR) is 54.2 cm³/mol. The van der Waals surface area contributed by atoms with E-state index in [0.29, 0.717) is 11.3 Å². The minimum absolute atomic E-state index is 0.0662. The number of aliphatic hydroxyl groups excluding tert-OH is 1. The first kappa shape index (κ1) is 9.44. The van der Waals surface area contributed by atoms with Gasteiger partial charge in [0.2, 0.25) is 0 Å². The molecule has 0 spiro atoms. The molecule has 0 saturated carbocycles. The van der Waals surface area contributed by atoms with Crippen LogP contribution in [0.4, 0.5) is 0 Å². The fraction of sp³-hybridized carbons (Fsp3) is 0.0909. The number of aromatic nitrogens is 2. The molecule has 4 nitrogen and oxygen atoms in total. The quantitative estimate of drug-likeness (QED) is 0.791. The summed E-state index contributed by atoms with van der Waals surface area (Å²) < 4.78 is 1.80. The summed E-state index contributed by atoms with van der Waals surface area (Å²) in [5, 5.41) is 17.5. The topological polar surface area (TPSA) is 61.8 Å². The molecule has 0 amide bonds. The summed E-state index contributed by atoms with van der Waals surface area (Å²) in [6.07, 6.45) is 3.38. The second-order valence-corrected chi connectivity index (χ2v) is 3.09. The average Bonchev–Trinajstić information content (AvgIpc) is 2.78. The third-order valence-electron chi connectivity index (χ3n) is 2.09. The van der Waals surface area contributed by atoms with E-state index < -0.39 is 0 Å². The van der Waals surface area contributed by atoms with E-state index in [1.807, 2.05) is 12.1 Å². The Labute approximate surface area is 87.0 Å². The van der Waals surface area contributed by atoms with E-state index in [1.54, 1.807) is 29.2 Å². The van der Waals surface area contributed by atoms with E-state index in [1.165, 1.54) is 0 Å². The standard InChI is InChI=1S/C11H9N3O/c12-5-9-1-3-11(4-2-9)14-6-10(7-15)13-8-14/h1-4,6,8,15H,7H2. The van der Waals surface area contributed by atoms with Crippen molar-refractivity contribution in [1.29, 1.82) is 5.26 Å². The van der Waals surface area contributed by atoms with Crippen molar-refractivity contribution in [2.75, 3.05) is 0 Å². The van der Waals surface area contributed by atoms with Crippen LogP contribution in [-0.4, -0.2) is 14.7 Å². The van der Waals surface area contributed by atoms with Crippen molar-refractivity contribution < 1.29 is 5.11 Å². The molecule has 1 heterocycles. The molecule has 0 aliphatic rings. The number of hydrogen-bond acceptors (Lipinski definition) is 3. The molecule has 0 unspecified atom stereocenters. The van der Waals surface area contributed by atoms with Crippen molar-refractivity contribution in [3.8, 4) is 11.8 Å². The van der Waals surface area contributed by atoms with Gasteiger partial charge in [-0.25, -0.2) is 4.98 Å². The van der Waals surface area contributed by atoms with Gasteiger partial charge in [-0.05, 0) is 24.3 Å². The minimum Gasteiger partial charge on any atom is -0.390 e. The lowest BCUT2D eigenvalue weighted by Gasteiger charge is -2.00. The molecule has 4 heteroatoms. The van der Waals surface area contributed by atoms with Gasteiger partial charge in [-0.1, -0.05) is 0 Å². The van der Waals surface area contributed by atoms with Crippen LogP contribution in [0.15, 0.2) is 36.8 Å². The van der Waals surface area contributed by atoms with Gasteiger partial charge in [0.25, 0.3) is 0 Å². The smallest absolute Gasteiger partial charge is 0.0996 e. The molecule has 0 aliphatic heterocycles. The van der Waals surface area contributed by atoms with E-state index in [2.05, 4.69) is 11.1 Å². The first-order valence-electron chi connectivity index (χ1n) is 4.48. The van der Waals surface area contributed by atoms with Crippen molar-refractivity contribution in [2.24, 2.45) is 0 Å². The Morgan fingerprint density at radius 3 is 2.60 bits per heavy atom. The van der Waals surface area contributed by atoms with Gasteiger partial charge in [0.05, 0.1) is 30.3 Å². The van der Waals surface area contributed by atoms with Crippen LogP contribution in [-0.2, 0) is 6.61 Å². The highest BCUT2D eigenvalue weighted by Gasteiger charge is 1.99. The number of nitriles is 1. The molecule has 2 rings (SSSR count). The molecule has 0 bridgehead atoms. The second kappa shape index (κ2) is 3.95. The second-order valence-electron chi connectivity index (χ2n) is 3.09. The Bertz CT molecular complexity index is 493. The molecular weight excluding hydrogens is 190 g/mol. The number of aliphatic hydroxyl groups is 1. The molecule has 0 atom stereocenters. The molecule has 0 aliphatic carbocycles. The van der Waals surface area contributed by atoms with Gasteiger partial charge in [-0.15, -0.1) is 0 Å². The van der Waals surface area contributed by atoms with Gasteiger partial charge in [-0.3, -0.25) is 0 Å². The summed E-state index contributed by atoms with van der Waals surface area (Å²) in [6.45, 7) is -0.0662. The van der Waals surface area contributed by atoms with E-state index in [4.69, 9.17) is 10.4 Å². The fourth-order valence-corrected chi connectivity index (χ4v) is 1.29. The summed E-state index contributed by atoms with van der Waals surface area (Å²) in [4.78, 5) is 4.00. The summed E-state index contributed by atoms with van der Waals surface area (Å²) in [7, 11) is 0. The van der Waals surface area contributed by atoms with Crippen LogP contribution in [0.1, 0.15) is 11.3 Å². The molecule has 0 radical (unpaired) electrons. The first-order chi connectivity index (χ1) is 7.33. The fourth-order valence-electron chi connectivity index (χ4n) is 1.29. The lowest BCUT2D eigenvalue weighted by Crippen LogP contribution is -1.89. The van der Waals surface area contributed by atoms with Gasteiger partial charge >= 0.3 is 0 Å². The van der Waals surface area contributed by atoms with Gasteiger partial charge in [0.1, 0.15) is 0 Å². The zero-order valence-corrected chi connectivity index (χ0v) is 7.96. The van der Waals surface area contributed by atoms with Crippen LogP contribution in [0.25, 0.3) is 5.69 Å². The third-order valence-corrected chi connectivity index (χ3v) is 2.09. The number of rotatable bonds is 2. The van der Waals surface area contributed by atoms with Gasteiger partial charge < -0.3 is 9.67 Å². The molecule has 0 saturated heterocycles. The maximum absolute atomic E-state index is 8.86. The monoisotopic (exact) mass is 199 g/mol. The van der Waals surface area contributed by atoms with Gasteiger partial charge in [0.15, 0.2) is 0 Å². The van der Waals surface area contributed by atoms with Crippen LogP contribution in [0.2, 0.25) is 0 Å². The molecule has 2 aromatic rings. The Hall–Kier alpha value is -2.12. The first-order valence-corrected chi connectivity index (χ1v) is 4.48. The zero-order valence-electron chi connectivity index (χ0n) is 7.96. The highest BCUT2D eigenvalue weighted by atomic mass is 16.3. The van der Waals surface area contributed by atoms with Crippen LogP contribution < -0.4 is 0 Å². The van der Waals surface area contributed by atoms with Crippen molar-refractivity contribution in [2.45, 2.75) is 6.61 Å². The maximum atomic E-state index is 8.86. The number of hydrogen-bond donors (Lipinski definition) is 1. The Kier molecular flexibility index (Phi) is 2.48. The van der Waals surface area contributed by atoms with E-state index in [0.717, 1.165) is 5.69 Å². The summed E-state index contributed by atoms with van der Waals surface area (Å²) >= 11 is 0. The lowest BCUT2D eigenvalue weighted by atomic mass is 10.2. The zero-order chi connectivity index (χ0) is 10.7. The van der Waals surface area contributed by atoms with Gasteiger partial charge in [-0.2, -0.15) is 5.26 Å². The van der Waals surface area contributed by atoms with Crippen LogP contribution in [0.3, 0.4) is 0 Å². The van der Waals surface area contributed by atoms with Crippen molar-refractivity contribution >= 4 is 0 Å². The largest absolute Gasteiger partial charge is 0.390 e. The number of nitrogens with zero attached hydrogens (tertiary/aromatic N) is 3. The van der Waals surface area contributed by atoms with Crippen LogP contribution >= 0.6 is 0 Å². The molecule has 74 valence electrons. The van der Waals surface area contributed by atoms with Crippen molar-refractivity contribution in [1.82, 2.24) is 9.55 Å². The Morgan fingerprint density at radius 2 is 2.07 bits per heavy atom. The molecule has 1 aromatic carbocycles. The Balaban J connectivity index is 2.33. The van der Waals surface area contributed by atoms with E-state index >= 15 is 0 Å². The highest BCUT2D eigenvalue weighted by Crippen LogP contribution is 2.09. The van der Waals surface area contributed by atoms with E-state index in [9.17, 15) is 0 Å². The van der Waals surface area contributed by atoms with Crippen molar-refractivity contribution in [3.05, 3.63) is 48.0 Å². The molecular formula is C11H9N3O. The molecule has 0 fully saturated rings. The third kappa shape index (κ3) is 1.87. The summed E-state index contributed by atoms with van der Waals surface area (Å²) in [5.41, 5.74) is 2.17. The van der Waals surface area contributed by atoms with E-state index in [-0.39, 0.29) is 6.61 Å². The summed E-state index contributed by atoms with van der Waals surface area (Å²) in [5.74, 6) is 0. The molecule has 15 heavy (non-hydrogen) atoms. The molecule has 1 N–H and O–H groups in total. The lowest BCUT2D eigenvalue weighted by molar-refractivity contribution is 0.277. The Morgan fingerprint density at radius 1 is 1.33 bits per heavy atom. The predicted octanol–water partition coefficient (Wildman–Crippen LogP) is 1.24. The van der Waals surface area contributed by atoms with Crippen molar-refractivity contribution in [3.63, 3.8) is 0 Å². The number of imidazole rings is 1. The van der Waals surface area contributed by atoms with Gasteiger partial charge in [0, 0.05) is 11.9 Å². The van der Waals surface area contributed by atoms with Crippen LogP contribution in [0.5, 0.6) is 0 Å².